The summed E-state index contributed by atoms with van der Waals surface area (Å²) in [7, 11) is 0. The Morgan fingerprint density at radius 3 is 1.85 bits per heavy atom. The molecule has 0 saturated carbocycles. The number of anilines is 2. The summed E-state index contributed by atoms with van der Waals surface area (Å²) in [5.74, 6) is 0. The normalized spacial score (nSPS) is 13.3. The Bertz CT molecular complexity index is 2080. The minimum atomic E-state index is -0.00228. The maximum absolute atomic E-state index is 6.00. The van der Waals surface area contributed by atoms with Crippen molar-refractivity contribution in [3.63, 3.8) is 0 Å². The van der Waals surface area contributed by atoms with E-state index in [1.807, 2.05) is 12.1 Å². The van der Waals surface area contributed by atoms with E-state index in [0.717, 1.165) is 33.3 Å². The van der Waals surface area contributed by atoms with Gasteiger partial charge >= 0.3 is 0 Å². The molecule has 0 spiro atoms. The number of fused-ring (bicyclic) bond motifs is 6. The first-order chi connectivity index (χ1) is 20.0. The molecule has 0 unspecified atom stereocenters. The molecular formula is C39H29NO. The summed E-state index contributed by atoms with van der Waals surface area (Å²) >= 11 is 0. The summed E-state index contributed by atoms with van der Waals surface area (Å²) < 4.78 is 6.00. The molecule has 0 amide bonds. The van der Waals surface area contributed by atoms with Gasteiger partial charge in [0.15, 0.2) is 0 Å². The minimum Gasteiger partial charge on any atom is -0.456 e. The summed E-state index contributed by atoms with van der Waals surface area (Å²) in [6.07, 6.45) is 0. The summed E-state index contributed by atoms with van der Waals surface area (Å²) in [4.78, 5) is 0. The second-order valence-corrected chi connectivity index (χ2v) is 11.5. The molecule has 0 atom stereocenters. The Morgan fingerprint density at radius 1 is 0.463 bits per heavy atom. The van der Waals surface area contributed by atoms with Crippen molar-refractivity contribution in [1.82, 2.24) is 0 Å². The van der Waals surface area contributed by atoms with E-state index in [-0.39, 0.29) is 5.41 Å². The van der Waals surface area contributed by atoms with Crippen molar-refractivity contribution in [2.75, 3.05) is 5.32 Å². The summed E-state index contributed by atoms with van der Waals surface area (Å²) in [6, 6.07) is 47.7. The van der Waals surface area contributed by atoms with Gasteiger partial charge in [0.2, 0.25) is 0 Å². The maximum Gasteiger partial charge on any atom is 0.135 e. The van der Waals surface area contributed by atoms with Crippen LogP contribution in [0.5, 0.6) is 0 Å². The van der Waals surface area contributed by atoms with Gasteiger partial charge in [-0.2, -0.15) is 0 Å². The first-order valence-electron chi connectivity index (χ1n) is 14.2. The van der Waals surface area contributed by atoms with Crippen molar-refractivity contribution in [3.8, 4) is 33.4 Å². The molecule has 7 aromatic rings. The molecule has 0 bridgehead atoms. The van der Waals surface area contributed by atoms with Gasteiger partial charge in [-0.3, -0.25) is 0 Å². The standard InChI is InChI=1S/C39H29NO/c1-39(2)35-9-5-3-7-31(35)32-21-20-30(24-36(32)39)40-29-18-15-26(16-19-29)25-11-13-27(14-12-25)28-17-22-38-34(23-28)33-8-4-6-10-37(33)41-38/h3-24,40H,1-2H3. The highest BCUT2D eigenvalue weighted by Gasteiger charge is 2.35. The largest absolute Gasteiger partial charge is 0.456 e. The second kappa shape index (κ2) is 8.97. The second-order valence-electron chi connectivity index (χ2n) is 11.5. The highest BCUT2D eigenvalue weighted by molar-refractivity contribution is 6.06. The van der Waals surface area contributed by atoms with Crippen LogP contribution in [0, 0.1) is 0 Å². The van der Waals surface area contributed by atoms with Gasteiger partial charge < -0.3 is 9.73 Å². The molecule has 0 fully saturated rings. The first-order valence-corrected chi connectivity index (χ1v) is 14.2. The van der Waals surface area contributed by atoms with Crippen molar-refractivity contribution in [2.24, 2.45) is 0 Å². The van der Waals surface area contributed by atoms with E-state index in [1.165, 1.54) is 44.5 Å². The Hall–Kier alpha value is -5.08. The van der Waals surface area contributed by atoms with Crippen LogP contribution in [0.2, 0.25) is 0 Å². The summed E-state index contributed by atoms with van der Waals surface area (Å²) in [5, 5.41) is 5.94. The van der Waals surface area contributed by atoms with E-state index >= 15 is 0 Å². The topological polar surface area (TPSA) is 25.2 Å². The fourth-order valence-electron chi connectivity index (χ4n) is 6.46. The number of furan rings is 1. The van der Waals surface area contributed by atoms with Crippen molar-refractivity contribution in [2.45, 2.75) is 19.3 Å². The van der Waals surface area contributed by atoms with Gasteiger partial charge in [0.1, 0.15) is 11.2 Å². The Morgan fingerprint density at radius 2 is 1.05 bits per heavy atom. The fourth-order valence-corrected chi connectivity index (χ4v) is 6.46. The molecule has 1 aliphatic carbocycles. The molecule has 1 heterocycles. The van der Waals surface area contributed by atoms with E-state index in [9.17, 15) is 0 Å². The van der Waals surface area contributed by atoms with Gasteiger partial charge in [-0.1, -0.05) is 105 Å². The zero-order valence-corrected chi connectivity index (χ0v) is 23.1. The molecule has 2 nitrogen and oxygen atoms in total. The Balaban J connectivity index is 1.02. The molecule has 0 saturated heterocycles. The van der Waals surface area contributed by atoms with E-state index in [0.29, 0.717) is 0 Å². The lowest BCUT2D eigenvalue weighted by Gasteiger charge is -2.22. The van der Waals surface area contributed by atoms with Crippen LogP contribution in [-0.2, 0) is 5.41 Å². The molecule has 196 valence electrons. The molecule has 0 radical (unpaired) electrons. The fraction of sp³-hybridized carbons (Fsp3) is 0.0769. The molecule has 41 heavy (non-hydrogen) atoms. The van der Waals surface area contributed by atoms with Crippen LogP contribution in [0.25, 0.3) is 55.3 Å². The van der Waals surface area contributed by atoms with Gasteiger partial charge in [-0.15, -0.1) is 0 Å². The predicted octanol–water partition coefficient (Wildman–Crippen LogP) is 11.0. The SMILES string of the molecule is CC1(C)c2ccccc2-c2ccc(Nc3ccc(-c4ccc(-c5ccc6oc7ccccc7c6c5)cc4)cc3)cc21. The molecule has 8 rings (SSSR count). The number of nitrogens with one attached hydrogen (secondary N) is 1. The smallest absolute Gasteiger partial charge is 0.135 e. The zero-order chi connectivity index (χ0) is 27.6. The lowest BCUT2D eigenvalue weighted by Crippen LogP contribution is -2.15. The molecule has 2 heteroatoms. The third-order valence-corrected chi connectivity index (χ3v) is 8.69. The van der Waals surface area contributed by atoms with Crippen molar-refractivity contribution in [3.05, 3.63) is 145 Å². The maximum atomic E-state index is 6.00. The van der Waals surface area contributed by atoms with Gasteiger partial charge in [0.25, 0.3) is 0 Å². The molecular weight excluding hydrogens is 498 g/mol. The molecule has 1 N–H and O–H groups in total. The first kappa shape index (κ1) is 23.8. The van der Waals surface area contributed by atoms with E-state index in [2.05, 4.69) is 140 Å². The van der Waals surface area contributed by atoms with Crippen LogP contribution < -0.4 is 5.32 Å². The number of hydrogen-bond acceptors (Lipinski definition) is 2. The van der Waals surface area contributed by atoms with Crippen molar-refractivity contribution in [1.29, 1.82) is 0 Å². The van der Waals surface area contributed by atoms with Crippen LogP contribution >= 0.6 is 0 Å². The number of para-hydroxylation sites is 1. The molecule has 6 aromatic carbocycles. The van der Waals surface area contributed by atoms with Gasteiger partial charge in [0, 0.05) is 27.6 Å². The average Bonchev–Trinajstić information content (AvgIpc) is 3.50. The monoisotopic (exact) mass is 527 g/mol. The van der Waals surface area contributed by atoms with Crippen LogP contribution in [0.4, 0.5) is 11.4 Å². The van der Waals surface area contributed by atoms with Crippen molar-refractivity contribution >= 4 is 33.3 Å². The van der Waals surface area contributed by atoms with Crippen LogP contribution in [0.1, 0.15) is 25.0 Å². The Kier molecular flexibility index (Phi) is 5.20. The summed E-state index contributed by atoms with van der Waals surface area (Å²) in [6.45, 7) is 4.64. The molecule has 1 aromatic heterocycles. The molecule has 1 aliphatic rings. The quantitative estimate of drug-likeness (QED) is 0.246. The molecule has 0 aliphatic heterocycles. The van der Waals surface area contributed by atoms with Crippen LogP contribution in [0.3, 0.4) is 0 Å². The van der Waals surface area contributed by atoms with E-state index < -0.39 is 0 Å². The average molecular weight is 528 g/mol. The Labute approximate surface area is 239 Å². The van der Waals surface area contributed by atoms with Crippen LogP contribution in [-0.4, -0.2) is 0 Å². The van der Waals surface area contributed by atoms with Gasteiger partial charge in [-0.05, 0) is 87.0 Å². The predicted molar refractivity (Wildman–Crippen MR) is 172 cm³/mol. The third kappa shape index (κ3) is 3.87. The minimum absolute atomic E-state index is 0.00228. The zero-order valence-electron chi connectivity index (χ0n) is 23.1. The van der Waals surface area contributed by atoms with Gasteiger partial charge in [0.05, 0.1) is 0 Å². The van der Waals surface area contributed by atoms with E-state index in [1.54, 1.807) is 0 Å². The lowest BCUT2D eigenvalue weighted by molar-refractivity contribution is 0.660. The number of rotatable bonds is 4. The number of hydrogen-bond donors (Lipinski definition) is 1. The van der Waals surface area contributed by atoms with E-state index in [4.69, 9.17) is 4.42 Å². The van der Waals surface area contributed by atoms with Gasteiger partial charge in [-0.25, -0.2) is 0 Å². The highest BCUT2D eigenvalue weighted by atomic mass is 16.3. The van der Waals surface area contributed by atoms with Crippen molar-refractivity contribution < 1.29 is 4.42 Å². The van der Waals surface area contributed by atoms with Crippen LogP contribution in [0.15, 0.2) is 138 Å². The highest BCUT2D eigenvalue weighted by Crippen LogP contribution is 2.49. The third-order valence-electron chi connectivity index (χ3n) is 8.69. The summed E-state index contributed by atoms with van der Waals surface area (Å²) in [5.41, 5.74) is 14.3. The number of benzene rings is 6. The lowest BCUT2D eigenvalue weighted by atomic mass is 9.82.